The van der Waals surface area contributed by atoms with E-state index in [9.17, 15) is 9.59 Å². The summed E-state index contributed by atoms with van der Waals surface area (Å²) in [6, 6.07) is 20.2. The van der Waals surface area contributed by atoms with Crippen LogP contribution in [0.4, 0.5) is 5.69 Å². The molecule has 0 spiro atoms. The van der Waals surface area contributed by atoms with Gasteiger partial charge < -0.3 is 14.6 Å². The highest BCUT2D eigenvalue weighted by molar-refractivity contribution is 5.95. The minimum Gasteiger partial charge on any atom is -0.452 e. The Hall–Kier alpha value is -3.34. The summed E-state index contributed by atoms with van der Waals surface area (Å²) in [4.78, 5) is 24.2. The number of hydrogen-bond acceptors (Lipinski definition) is 3. The number of aryl methyl sites for hydroxylation is 2. The highest BCUT2D eigenvalue weighted by Crippen LogP contribution is 2.18. The number of nitrogens with one attached hydrogen (secondary N) is 1. The molecule has 3 rings (SSSR count). The van der Waals surface area contributed by atoms with E-state index < -0.39 is 5.97 Å². The minimum absolute atomic E-state index is 0.334. The Morgan fingerprint density at radius 1 is 0.923 bits per heavy atom. The van der Waals surface area contributed by atoms with Crippen molar-refractivity contribution in [1.82, 2.24) is 4.57 Å². The standard InChI is InChI=1S/C21H20N2O3/c1-15-11-12-16(2)23(15)19-10-6-7-17(13-19)21(25)26-14-20(24)22-18-8-4-3-5-9-18/h3-13H,14H2,1-2H3,(H,22,24). The van der Waals surface area contributed by atoms with Crippen LogP contribution in [0.3, 0.4) is 0 Å². The van der Waals surface area contributed by atoms with Crippen molar-refractivity contribution >= 4 is 17.6 Å². The van der Waals surface area contributed by atoms with Crippen molar-refractivity contribution in [3.63, 3.8) is 0 Å². The molecule has 0 saturated heterocycles. The van der Waals surface area contributed by atoms with Crippen LogP contribution in [0.2, 0.25) is 0 Å². The van der Waals surface area contributed by atoms with Crippen molar-refractivity contribution in [2.45, 2.75) is 13.8 Å². The van der Waals surface area contributed by atoms with Crippen LogP contribution in [-0.4, -0.2) is 23.1 Å². The molecule has 3 aromatic rings. The highest BCUT2D eigenvalue weighted by atomic mass is 16.5. The second-order valence-electron chi connectivity index (χ2n) is 5.99. The fourth-order valence-electron chi connectivity index (χ4n) is 2.78. The molecule has 0 bridgehead atoms. The molecule has 5 nitrogen and oxygen atoms in total. The quantitative estimate of drug-likeness (QED) is 0.712. The zero-order chi connectivity index (χ0) is 18.5. The van der Waals surface area contributed by atoms with Crippen LogP contribution < -0.4 is 5.32 Å². The van der Waals surface area contributed by atoms with Gasteiger partial charge in [0, 0.05) is 22.8 Å². The largest absolute Gasteiger partial charge is 0.452 e. The van der Waals surface area contributed by atoms with E-state index in [4.69, 9.17) is 4.74 Å². The van der Waals surface area contributed by atoms with Crippen molar-refractivity contribution in [1.29, 1.82) is 0 Å². The second kappa shape index (κ2) is 7.70. The average molecular weight is 348 g/mol. The Morgan fingerprint density at radius 2 is 1.62 bits per heavy atom. The molecule has 1 aromatic heterocycles. The summed E-state index contributed by atoms with van der Waals surface area (Å²) in [5.74, 6) is -0.907. The van der Waals surface area contributed by atoms with Crippen molar-refractivity contribution in [3.8, 4) is 5.69 Å². The van der Waals surface area contributed by atoms with Gasteiger partial charge in [0.2, 0.25) is 0 Å². The first kappa shape index (κ1) is 17.5. The SMILES string of the molecule is Cc1ccc(C)n1-c1cccc(C(=O)OCC(=O)Nc2ccccc2)c1. The molecular formula is C21H20N2O3. The molecule has 0 aliphatic rings. The van der Waals surface area contributed by atoms with E-state index in [2.05, 4.69) is 9.88 Å². The van der Waals surface area contributed by atoms with Crippen molar-refractivity contribution in [2.24, 2.45) is 0 Å². The van der Waals surface area contributed by atoms with Gasteiger partial charge >= 0.3 is 5.97 Å². The fourth-order valence-corrected chi connectivity index (χ4v) is 2.78. The van der Waals surface area contributed by atoms with Gasteiger partial charge in [-0.15, -0.1) is 0 Å². The molecule has 0 radical (unpaired) electrons. The van der Waals surface area contributed by atoms with Gasteiger partial charge in [0.1, 0.15) is 0 Å². The number of nitrogens with zero attached hydrogens (tertiary/aromatic N) is 1. The number of ether oxygens (including phenoxy) is 1. The van der Waals surface area contributed by atoms with Crippen LogP contribution in [0, 0.1) is 13.8 Å². The normalized spacial score (nSPS) is 10.4. The summed E-state index contributed by atoms with van der Waals surface area (Å²) >= 11 is 0. The molecule has 2 aromatic carbocycles. The number of amides is 1. The van der Waals surface area contributed by atoms with E-state index in [-0.39, 0.29) is 12.5 Å². The summed E-state index contributed by atoms with van der Waals surface area (Å²) < 4.78 is 7.19. The highest BCUT2D eigenvalue weighted by Gasteiger charge is 2.12. The smallest absolute Gasteiger partial charge is 0.338 e. The number of esters is 1. The van der Waals surface area contributed by atoms with Crippen LogP contribution in [-0.2, 0) is 9.53 Å². The summed E-state index contributed by atoms with van der Waals surface area (Å²) in [6.45, 7) is 3.68. The van der Waals surface area contributed by atoms with E-state index in [0.29, 0.717) is 11.3 Å². The van der Waals surface area contributed by atoms with Gasteiger partial charge in [-0.05, 0) is 56.3 Å². The molecule has 0 atom stereocenters. The molecule has 0 saturated carbocycles. The third-order valence-corrected chi connectivity index (χ3v) is 4.00. The van der Waals surface area contributed by atoms with Crippen LogP contribution in [0.1, 0.15) is 21.7 Å². The van der Waals surface area contributed by atoms with Crippen LogP contribution in [0.15, 0.2) is 66.7 Å². The predicted molar refractivity (Wildman–Crippen MR) is 101 cm³/mol. The summed E-state index contributed by atoms with van der Waals surface area (Å²) in [5.41, 5.74) is 4.11. The first-order valence-corrected chi connectivity index (χ1v) is 8.32. The van der Waals surface area contributed by atoms with Gasteiger partial charge in [-0.1, -0.05) is 24.3 Å². The van der Waals surface area contributed by atoms with Gasteiger partial charge in [0.05, 0.1) is 5.56 Å². The number of aromatic nitrogens is 1. The predicted octanol–water partition coefficient (Wildman–Crippen LogP) is 3.89. The van der Waals surface area contributed by atoms with E-state index >= 15 is 0 Å². The van der Waals surface area contributed by atoms with E-state index in [0.717, 1.165) is 17.1 Å². The summed E-state index contributed by atoms with van der Waals surface area (Å²) in [5, 5.41) is 2.68. The Balaban J connectivity index is 1.65. The number of anilines is 1. The van der Waals surface area contributed by atoms with Crippen LogP contribution in [0.5, 0.6) is 0 Å². The van der Waals surface area contributed by atoms with E-state index in [1.165, 1.54) is 0 Å². The summed E-state index contributed by atoms with van der Waals surface area (Å²) in [7, 11) is 0. The molecule has 132 valence electrons. The Morgan fingerprint density at radius 3 is 2.31 bits per heavy atom. The lowest BCUT2D eigenvalue weighted by molar-refractivity contribution is -0.119. The van der Waals surface area contributed by atoms with Gasteiger partial charge in [0.25, 0.3) is 5.91 Å². The van der Waals surface area contributed by atoms with Gasteiger partial charge in [-0.3, -0.25) is 4.79 Å². The lowest BCUT2D eigenvalue weighted by Gasteiger charge is -2.11. The van der Waals surface area contributed by atoms with Gasteiger partial charge in [0.15, 0.2) is 6.61 Å². The topological polar surface area (TPSA) is 60.3 Å². The molecule has 0 aliphatic heterocycles. The third kappa shape index (κ3) is 4.00. The van der Waals surface area contributed by atoms with Crippen molar-refractivity contribution in [2.75, 3.05) is 11.9 Å². The first-order valence-electron chi connectivity index (χ1n) is 8.32. The van der Waals surface area contributed by atoms with Crippen LogP contribution in [0.25, 0.3) is 5.69 Å². The molecular weight excluding hydrogens is 328 g/mol. The molecule has 1 amide bonds. The minimum atomic E-state index is -0.530. The van der Waals surface area contributed by atoms with Gasteiger partial charge in [-0.25, -0.2) is 4.79 Å². The Bertz CT molecular complexity index is 910. The monoisotopic (exact) mass is 348 g/mol. The number of benzene rings is 2. The molecule has 0 aliphatic carbocycles. The average Bonchev–Trinajstić information content (AvgIpc) is 2.99. The lowest BCUT2D eigenvalue weighted by Crippen LogP contribution is -2.21. The second-order valence-corrected chi connectivity index (χ2v) is 5.99. The Kier molecular flexibility index (Phi) is 5.17. The van der Waals surface area contributed by atoms with Gasteiger partial charge in [-0.2, -0.15) is 0 Å². The number of para-hydroxylation sites is 1. The molecule has 1 heterocycles. The molecule has 5 heteroatoms. The number of hydrogen-bond donors (Lipinski definition) is 1. The Labute approximate surface area is 152 Å². The number of carbonyl (C=O) groups is 2. The van der Waals surface area contributed by atoms with Crippen molar-refractivity contribution < 1.29 is 14.3 Å². The van der Waals surface area contributed by atoms with E-state index in [1.807, 2.05) is 50.2 Å². The molecule has 0 fully saturated rings. The van der Waals surface area contributed by atoms with Crippen molar-refractivity contribution in [3.05, 3.63) is 83.7 Å². The zero-order valence-electron chi connectivity index (χ0n) is 14.7. The third-order valence-electron chi connectivity index (χ3n) is 4.00. The first-order chi connectivity index (χ1) is 12.5. The van der Waals surface area contributed by atoms with Crippen LogP contribution >= 0.6 is 0 Å². The lowest BCUT2D eigenvalue weighted by atomic mass is 10.2. The zero-order valence-corrected chi connectivity index (χ0v) is 14.7. The fraction of sp³-hybridized carbons (Fsp3) is 0.143. The molecule has 1 N–H and O–H groups in total. The maximum absolute atomic E-state index is 12.3. The molecule has 26 heavy (non-hydrogen) atoms. The number of rotatable bonds is 5. The maximum atomic E-state index is 12.3. The molecule has 0 unspecified atom stereocenters. The maximum Gasteiger partial charge on any atom is 0.338 e. The number of carbonyl (C=O) groups excluding carboxylic acids is 2. The van der Waals surface area contributed by atoms with E-state index in [1.54, 1.807) is 30.3 Å². The summed E-state index contributed by atoms with van der Waals surface area (Å²) in [6.07, 6.45) is 0.